The molecule has 4 aromatic rings. The number of carbonyl (C=O) groups excluding carboxylic acids is 1. The molecule has 0 saturated carbocycles. The molecule has 0 atom stereocenters. The quantitative estimate of drug-likeness (QED) is 0.550. The number of para-hydroxylation sites is 2. The van der Waals surface area contributed by atoms with Crippen molar-refractivity contribution in [1.29, 1.82) is 0 Å². The summed E-state index contributed by atoms with van der Waals surface area (Å²) in [6.07, 6.45) is -0.604. The SMILES string of the molecule is COc1cccc2c(C)cc(-n3nc(C)cc3NC(=O)Oc3ccccc3)nc12. The summed E-state index contributed by atoms with van der Waals surface area (Å²) in [5.74, 6) is 2.17. The third kappa shape index (κ3) is 3.75. The molecule has 0 bridgehead atoms. The van der Waals surface area contributed by atoms with Crippen LogP contribution in [-0.2, 0) is 0 Å². The maximum absolute atomic E-state index is 12.3. The smallest absolute Gasteiger partial charge is 0.418 e. The second-order valence-electron chi connectivity index (χ2n) is 6.56. The zero-order chi connectivity index (χ0) is 20.4. The maximum Gasteiger partial charge on any atom is 0.418 e. The molecule has 1 N–H and O–H groups in total. The molecular formula is C22H20N4O3. The minimum absolute atomic E-state index is 0.456. The first kappa shape index (κ1) is 18.5. The highest BCUT2D eigenvalue weighted by Gasteiger charge is 2.15. The van der Waals surface area contributed by atoms with Crippen LogP contribution >= 0.6 is 0 Å². The van der Waals surface area contributed by atoms with Gasteiger partial charge in [0.25, 0.3) is 0 Å². The molecule has 2 aromatic carbocycles. The van der Waals surface area contributed by atoms with Gasteiger partial charge in [-0.25, -0.2) is 9.78 Å². The lowest BCUT2D eigenvalue weighted by Crippen LogP contribution is -2.19. The van der Waals surface area contributed by atoms with Crippen molar-refractivity contribution in [2.75, 3.05) is 12.4 Å². The number of ether oxygens (including phenoxy) is 2. The molecule has 0 spiro atoms. The van der Waals surface area contributed by atoms with E-state index in [9.17, 15) is 4.79 Å². The predicted molar refractivity (Wildman–Crippen MR) is 111 cm³/mol. The molecule has 0 aliphatic rings. The van der Waals surface area contributed by atoms with E-state index in [0.717, 1.165) is 22.2 Å². The molecular weight excluding hydrogens is 368 g/mol. The molecule has 0 aliphatic heterocycles. The second-order valence-corrected chi connectivity index (χ2v) is 6.56. The van der Waals surface area contributed by atoms with Crippen molar-refractivity contribution in [2.45, 2.75) is 13.8 Å². The molecule has 0 aliphatic carbocycles. The number of carbonyl (C=O) groups is 1. The number of amides is 1. The van der Waals surface area contributed by atoms with E-state index >= 15 is 0 Å². The molecule has 0 radical (unpaired) electrons. The molecule has 7 heteroatoms. The Morgan fingerprint density at radius 2 is 1.83 bits per heavy atom. The van der Waals surface area contributed by atoms with Crippen molar-refractivity contribution >= 4 is 22.8 Å². The summed E-state index contributed by atoms with van der Waals surface area (Å²) < 4.78 is 12.4. The van der Waals surface area contributed by atoms with E-state index in [1.54, 1.807) is 42.1 Å². The largest absolute Gasteiger partial charge is 0.494 e. The molecule has 146 valence electrons. The van der Waals surface area contributed by atoms with Gasteiger partial charge in [0.15, 0.2) is 5.82 Å². The molecule has 4 rings (SSSR count). The molecule has 2 aromatic heterocycles. The van der Waals surface area contributed by atoms with Gasteiger partial charge >= 0.3 is 6.09 Å². The van der Waals surface area contributed by atoms with Gasteiger partial charge in [-0.3, -0.25) is 5.32 Å². The van der Waals surface area contributed by atoms with Crippen molar-refractivity contribution in [1.82, 2.24) is 14.8 Å². The lowest BCUT2D eigenvalue weighted by molar-refractivity contribution is 0.215. The average Bonchev–Trinajstić information content (AvgIpc) is 3.08. The number of aryl methyl sites for hydroxylation is 2. The predicted octanol–water partition coefficient (Wildman–Crippen LogP) is 4.66. The van der Waals surface area contributed by atoms with Crippen LogP contribution in [0.5, 0.6) is 11.5 Å². The van der Waals surface area contributed by atoms with Gasteiger partial charge in [0, 0.05) is 11.5 Å². The van der Waals surface area contributed by atoms with Gasteiger partial charge in [0.1, 0.15) is 22.8 Å². The number of anilines is 1. The zero-order valence-electron chi connectivity index (χ0n) is 16.3. The molecule has 0 unspecified atom stereocenters. The summed E-state index contributed by atoms with van der Waals surface area (Å²) >= 11 is 0. The zero-order valence-corrected chi connectivity index (χ0v) is 16.3. The number of methoxy groups -OCH3 is 1. The Bertz CT molecular complexity index is 1190. The fraction of sp³-hybridized carbons (Fsp3) is 0.136. The third-order valence-corrected chi connectivity index (χ3v) is 4.45. The van der Waals surface area contributed by atoms with Crippen LogP contribution in [-0.4, -0.2) is 28.0 Å². The highest BCUT2D eigenvalue weighted by molar-refractivity contribution is 5.89. The summed E-state index contributed by atoms with van der Waals surface area (Å²) in [6.45, 7) is 3.85. The van der Waals surface area contributed by atoms with Crippen molar-refractivity contribution < 1.29 is 14.3 Å². The molecule has 0 fully saturated rings. The highest BCUT2D eigenvalue weighted by Crippen LogP contribution is 2.28. The lowest BCUT2D eigenvalue weighted by Gasteiger charge is -2.12. The number of benzene rings is 2. The first-order valence-electron chi connectivity index (χ1n) is 9.10. The fourth-order valence-electron chi connectivity index (χ4n) is 3.14. The van der Waals surface area contributed by atoms with Crippen LogP contribution in [0, 0.1) is 13.8 Å². The van der Waals surface area contributed by atoms with E-state index in [2.05, 4.69) is 10.4 Å². The minimum atomic E-state index is -0.604. The Balaban J connectivity index is 1.70. The summed E-state index contributed by atoms with van der Waals surface area (Å²) in [5.41, 5.74) is 2.49. The summed E-state index contributed by atoms with van der Waals surface area (Å²) in [7, 11) is 1.61. The Hall–Kier alpha value is -3.87. The van der Waals surface area contributed by atoms with Gasteiger partial charge in [-0.2, -0.15) is 9.78 Å². The standard InChI is InChI=1S/C22H20N4O3/c1-14-12-19(23-21-17(14)10-7-11-18(21)28-3)26-20(13-15(2)25-26)24-22(27)29-16-8-5-4-6-9-16/h4-13H,1-3H3,(H,24,27). The third-order valence-electron chi connectivity index (χ3n) is 4.45. The summed E-state index contributed by atoms with van der Waals surface area (Å²) in [6, 6.07) is 18.3. The van der Waals surface area contributed by atoms with Crippen molar-refractivity contribution in [2.24, 2.45) is 0 Å². The number of fused-ring (bicyclic) bond motifs is 1. The number of hydrogen-bond acceptors (Lipinski definition) is 5. The lowest BCUT2D eigenvalue weighted by atomic mass is 10.1. The number of rotatable bonds is 4. The molecule has 0 saturated heterocycles. The molecule has 1 amide bonds. The molecule has 7 nitrogen and oxygen atoms in total. The Morgan fingerprint density at radius 1 is 1.03 bits per heavy atom. The summed E-state index contributed by atoms with van der Waals surface area (Å²) in [4.78, 5) is 17.1. The van der Waals surface area contributed by atoms with E-state index in [4.69, 9.17) is 14.5 Å². The number of hydrogen-bond donors (Lipinski definition) is 1. The monoisotopic (exact) mass is 388 g/mol. The van der Waals surface area contributed by atoms with Gasteiger partial charge in [-0.15, -0.1) is 0 Å². The Kier molecular flexibility index (Phi) is 4.87. The normalized spacial score (nSPS) is 10.7. The van der Waals surface area contributed by atoms with E-state index in [-0.39, 0.29) is 0 Å². The van der Waals surface area contributed by atoms with Gasteiger partial charge in [0.05, 0.1) is 12.8 Å². The number of nitrogens with zero attached hydrogens (tertiary/aromatic N) is 3. The fourth-order valence-corrected chi connectivity index (χ4v) is 3.14. The van der Waals surface area contributed by atoms with Crippen LogP contribution < -0.4 is 14.8 Å². The second kappa shape index (κ2) is 7.63. The molecule has 2 heterocycles. The van der Waals surface area contributed by atoms with Crippen molar-refractivity contribution in [3.8, 4) is 17.3 Å². The van der Waals surface area contributed by atoms with Crippen molar-refractivity contribution in [3.63, 3.8) is 0 Å². The van der Waals surface area contributed by atoms with E-state index < -0.39 is 6.09 Å². The van der Waals surface area contributed by atoms with Crippen LogP contribution in [0.4, 0.5) is 10.6 Å². The number of pyridine rings is 1. The van der Waals surface area contributed by atoms with E-state index in [1.807, 2.05) is 44.2 Å². The summed E-state index contributed by atoms with van der Waals surface area (Å²) in [5, 5.41) is 8.23. The van der Waals surface area contributed by atoms with Crippen LogP contribution in [0.1, 0.15) is 11.3 Å². The molecule has 29 heavy (non-hydrogen) atoms. The Labute approximate surface area is 167 Å². The minimum Gasteiger partial charge on any atom is -0.494 e. The average molecular weight is 388 g/mol. The van der Waals surface area contributed by atoms with Crippen LogP contribution in [0.2, 0.25) is 0 Å². The number of nitrogens with one attached hydrogen (secondary N) is 1. The van der Waals surface area contributed by atoms with Gasteiger partial charge in [0.2, 0.25) is 0 Å². The topological polar surface area (TPSA) is 78.3 Å². The van der Waals surface area contributed by atoms with Gasteiger partial charge < -0.3 is 9.47 Å². The van der Waals surface area contributed by atoms with E-state index in [0.29, 0.717) is 23.1 Å². The number of aromatic nitrogens is 3. The van der Waals surface area contributed by atoms with Gasteiger partial charge in [-0.05, 0) is 43.7 Å². The first-order valence-corrected chi connectivity index (χ1v) is 9.10. The van der Waals surface area contributed by atoms with Crippen molar-refractivity contribution in [3.05, 3.63) is 71.9 Å². The van der Waals surface area contributed by atoms with Crippen LogP contribution in [0.25, 0.3) is 16.7 Å². The van der Waals surface area contributed by atoms with Crippen LogP contribution in [0.3, 0.4) is 0 Å². The van der Waals surface area contributed by atoms with E-state index in [1.165, 1.54) is 0 Å². The Morgan fingerprint density at radius 3 is 2.59 bits per heavy atom. The van der Waals surface area contributed by atoms with Gasteiger partial charge in [-0.1, -0.05) is 30.3 Å². The first-order chi connectivity index (χ1) is 14.0. The maximum atomic E-state index is 12.3. The highest BCUT2D eigenvalue weighted by atomic mass is 16.6. The van der Waals surface area contributed by atoms with Crippen LogP contribution in [0.15, 0.2) is 60.7 Å².